The minimum absolute atomic E-state index is 0.0213. The minimum atomic E-state index is -3.65. The Morgan fingerprint density at radius 1 is 0.974 bits per heavy atom. The molecule has 1 aromatic heterocycles. The monoisotopic (exact) mass is 547 g/mol. The maximum Gasteiger partial charge on any atom is 0.243 e. The number of halogens is 1. The van der Waals surface area contributed by atoms with Gasteiger partial charge in [-0.2, -0.15) is 4.31 Å². The van der Waals surface area contributed by atoms with Gasteiger partial charge < -0.3 is 16.2 Å². The highest BCUT2D eigenvalue weighted by molar-refractivity contribution is 7.89. The summed E-state index contributed by atoms with van der Waals surface area (Å²) in [5.41, 5.74) is 10.3. The Bertz CT molecular complexity index is 1510. The summed E-state index contributed by atoms with van der Waals surface area (Å²) in [6.45, 7) is 0.732. The molecule has 10 heteroatoms. The van der Waals surface area contributed by atoms with E-state index in [0.29, 0.717) is 37.6 Å². The fourth-order valence-electron chi connectivity index (χ4n) is 4.78. The smallest absolute Gasteiger partial charge is 0.243 e. The molecule has 1 unspecified atom stereocenters. The van der Waals surface area contributed by atoms with Gasteiger partial charge in [0.15, 0.2) is 0 Å². The molecule has 5 rings (SSSR count). The van der Waals surface area contributed by atoms with Crippen molar-refractivity contribution in [1.82, 2.24) is 14.3 Å². The Morgan fingerprint density at radius 2 is 1.64 bits per heavy atom. The number of hydrogen-bond acceptors (Lipinski definition) is 7. The van der Waals surface area contributed by atoms with Crippen molar-refractivity contribution >= 4 is 21.7 Å². The Kier molecular flexibility index (Phi) is 7.99. The zero-order chi connectivity index (χ0) is 27.4. The highest BCUT2D eigenvalue weighted by Gasteiger charge is 2.32. The Balaban J connectivity index is 1.21. The molecule has 1 atom stereocenters. The summed E-state index contributed by atoms with van der Waals surface area (Å²) in [5.74, 6) is 0.199. The van der Waals surface area contributed by atoms with Crippen molar-refractivity contribution in [3.63, 3.8) is 0 Å². The number of hydrogen-bond donors (Lipinski definition) is 3. The predicted octanol–water partition coefficient (Wildman–Crippen LogP) is 4.62. The van der Waals surface area contributed by atoms with Crippen LogP contribution in [0.5, 0.6) is 0 Å². The number of rotatable bonds is 8. The number of nitrogens with two attached hydrogens (primary N) is 1. The lowest BCUT2D eigenvalue weighted by Crippen LogP contribution is -2.40. The summed E-state index contributed by atoms with van der Waals surface area (Å²) in [5, 5.41) is 12.4. The van der Waals surface area contributed by atoms with E-state index in [1.54, 1.807) is 48.7 Å². The first-order valence-corrected chi connectivity index (χ1v) is 14.2. The summed E-state index contributed by atoms with van der Waals surface area (Å²) in [6, 6.07) is 21.7. The van der Waals surface area contributed by atoms with Crippen molar-refractivity contribution in [2.45, 2.75) is 30.4 Å². The average Bonchev–Trinajstić information content (AvgIpc) is 2.98. The SMILES string of the molecule is NC(c1ccc(F)cc1)C1CCN(S(=O)(=O)c2ccc(Nc3nccc(-c4ccc(CO)cc4)n3)cc2)CC1. The molecule has 202 valence electrons. The second kappa shape index (κ2) is 11.6. The van der Waals surface area contributed by atoms with E-state index in [4.69, 9.17) is 5.73 Å². The van der Waals surface area contributed by atoms with Crippen molar-refractivity contribution in [1.29, 1.82) is 0 Å². The highest BCUT2D eigenvalue weighted by atomic mass is 32.2. The van der Waals surface area contributed by atoms with Gasteiger partial charge in [0.2, 0.25) is 16.0 Å². The van der Waals surface area contributed by atoms with Crippen molar-refractivity contribution in [2.75, 3.05) is 18.4 Å². The van der Waals surface area contributed by atoms with E-state index in [2.05, 4.69) is 15.3 Å². The van der Waals surface area contributed by atoms with Crippen molar-refractivity contribution in [3.05, 3.63) is 102 Å². The van der Waals surface area contributed by atoms with Crippen LogP contribution in [-0.4, -0.2) is 40.9 Å². The van der Waals surface area contributed by atoms with Gasteiger partial charge in [0, 0.05) is 36.6 Å². The van der Waals surface area contributed by atoms with E-state index in [1.807, 2.05) is 24.3 Å². The van der Waals surface area contributed by atoms with Crippen LogP contribution in [0.1, 0.15) is 30.0 Å². The van der Waals surface area contributed by atoms with Crippen LogP contribution in [0.3, 0.4) is 0 Å². The van der Waals surface area contributed by atoms with Crippen LogP contribution in [0.25, 0.3) is 11.3 Å². The first kappa shape index (κ1) is 26.9. The third-order valence-corrected chi connectivity index (χ3v) is 9.01. The number of anilines is 2. The van der Waals surface area contributed by atoms with Gasteiger partial charge in [-0.15, -0.1) is 0 Å². The van der Waals surface area contributed by atoms with Crippen molar-refractivity contribution in [2.24, 2.45) is 11.7 Å². The number of aliphatic hydroxyl groups excluding tert-OH is 1. The molecule has 0 bridgehead atoms. The largest absolute Gasteiger partial charge is 0.392 e. The molecule has 2 heterocycles. The van der Waals surface area contributed by atoms with Crippen LogP contribution >= 0.6 is 0 Å². The second-order valence-electron chi connectivity index (χ2n) is 9.59. The summed E-state index contributed by atoms with van der Waals surface area (Å²) in [6.07, 6.45) is 2.91. The maximum atomic E-state index is 13.3. The molecular formula is C29H30FN5O3S. The maximum absolute atomic E-state index is 13.3. The summed E-state index contributed by atoms with van der Waals surface area (Å²) < 4.78 is 41.3. The third-order valence-electron chi connectivity index (χ3n) is 7.10. The molecule has 0 aliphatic carbocycles. The molecule has 4 N–H and O–H groups in total. The normalized spacial score (nSPS) is 15.7. The molecule has 1 aliphatic rings. The van der Waals surface area contributed by atoms with Crippen molar-refractivity contribution < 1.29 is 17.9 Å². The molecule has 1 aliphatic heterocycles. The van der Waals surface area contributed by atoms with Gasteiger partial charge in [-0.3, -0.25) is 0 Å². The zero-order valence-corrected chi connectivity index (χ0v) is 22.1. The number of piperidine rings is 1. The quantitative estimate of drug-likeness (QED) is 0.294. The molecule has 39 heavy (non-hydrogen) atoms. The average molecular weight is 548 g/mol. The molecule has 1 fully saturated rings. The topological polar surface area (TPSA) is 121 Å². The van der Waals surface area contributed by atoms with Crippen LogP contribution < -0.4 is 11.1 Å². The third kappa shape index (κ3) is 6.15. The minimum Gasteiger partial charge on any atom is -0.392 e. The predicted molar refractivity (Wildman–Crippen MR) is 148 cm³/mol. The molecule has 4 aromatic rings. The Labute approximate surface area is 227 Å². The lowest BCUT2D eigenvalue weighted by atomic mass is 9.86. The van der Waals surface area contributed by atoms with Gasteiger partial charge in [0.25, 0.3) is 0 Å². The summed E-state index contributed by atoms with van der Waals surface area (Å²) in [7, 11) is -3.65. The molecule has 3 aromatic carbocycles. The molecule has 0 spiro atoms. The lowest BCUT2D eigenvalue weighted by Gasteiger charge is -2.34. The molecule has 1 saturated heterocycles. The number of benzene rings is 3. The van der Waals surface area contributed by atoms with Gasteiger partial charge in [0.05, 0.1) is 17.2 Å². The van der Waals surface area contributed by atoms with E-state index in [1.165, 1.54) is 16.4 Å². The molecule has 0 saturated carbocycles. The van der Waals surface area contributed by atoms with Crippen LogP contribution in [0.4, 0.5) is 16.0 Å². The number of nitrogens with zero attached hydrogens (tertiary/aromatic N) is 3. The standard InChI is InChI=1S/C29H30FN5O3S/c30-24-7-5-22(6-8-24)28(31)23-14-17-35(18-15-23)39(37,38)26-11-9-25(10-12-26)33-29-32-16-13-27(34-29)21-3-1-20(19-36)2-4-21/h1-13,16,23,28,36H,14-15,17-19,31H2,(H,32,33,34). The van der Waals surface area contributed by atoms with Gasteiger partial charge >= 0.3 is 0 Å². The van der Waals surface area contributed by atoms with Crippen molar-refractivity contribution in [3.8, 4) is 11.3 Å². The Morgan fingerprint density at radius 3 is 2.28 bits per heavy atom. The second-order valence-corrected chi connectivity index (χ2v) is 11.5. The van der Waals surface area contributed by atoms with Crippen LogP contribution in [0, 0.1) is 11.7 Å². The summed E-state index contributed by atoms with van der Waals surface area (Å²) in [4.78, 5) is 9.03. The zero-order valence-electron chi connectivity index (χ0n) is 21.2. The molecule has 0 radical (unpaired) electrons. The van der Waals surface area contributed by atoms with Gasteiger partial charge in [-0.25, -0.2) is 22.8 Å². The van der Waals surface area contributed by atoms with Gasteiger partial charge in [0.1, 0.15) is 5.82 Å². The van der Waals surface area contributed by atoms with E-state index in [9.17, 15) is 17.9 Å². The number of aromatic nitrogens is 2. The fourth-order valence-corrected chi connectivity index (χ4v) is 6.25. The highest BCUT2D eigenvalue weighted by Crippen LogP contribution is 2.32. The molecule has 0 amide bonds. The van der Waals surface area contributed by atoms with E-state index < -0.39 is 10.0 Å². The van der Waals surface area contributed by atoms with Gasteiger partial charge in [-0.1, -0.05) is 36.4 Å². The van der Waals surface area contributed by atoms with E-state index in [0.717, 1.165) is 22.4 Å². The lowest BCUT2D eigenvalue weighted by molar-refractivity contribution is 0.245. The van der Waals surface area contributed by atoms with E-state index >= 15 is 0 Å². The number of aliphatic hydroxyl groups is 1. The molecule has 8 nitrogen and oxygen atoms in total. The van der Waals surface area contributed by atoms with Crippen LogP contribution in [0.15, 0.2) is 90.0 Å². The first-order valence-electron chi connectivity index (χ1n) is 12.7. The van der Waals surface area contributed by atoms with Crippen LogP contribution in [-0.2, 0) is 16.6 Å². The summed E-state index contributed by atoms with van der Waals surface area (Å²) >= 11 is 0. The van der Waals surface area contributed by atoms with Gasteiger partial charge in [-0.05, 0) is 72.4 Å². The first-order chi connectivity index (χ1) is 18.8. The van der Waals surface area contributed by atoms with Crippen LogP contribution in [0.2, 0.25) is 0 Å². The fraction of sp³-hybridized carbons (Fsp3) is 0.241. The van der Waals surface area contributed by atoms with E-state index in [-0.39, 0.29) is 29.3 Å². The number of sulfonamides is 1. The number of nitrogens with one attached hydrogen (secondary N) is 1. The molecular weight excluding hydrogens is 517 g/mol. The Hall–Kier alpha value is -3.70.